The number of unbranched alkanes of at least 4 members (excludes halogenated alkanes) is 10. The molecule has 4 nitrogen and oxygen atoms in total. The largest absolute Gasteiger partial charge is 0.481 e. The second-order valence-electron chi connectivity index (χ2n) is 9.49. The Hall–Kier alpha value is -1.32. The normalized spacial score (nSPS) is 19.7. The standard InChI is InChI=1S/C26H46O4/c1-4-5-6-7-8-9-10-11-12-13-14-17-22(20-21(2)3)30-26(29)24-19-16-15-18-23(24)25(27)28/h16,19,21-24H,4-15,17-18,20H2,1-3H3,(H,27,28). The predicted molar refractivity (Wildman–Crippen MR) is 123 cm³/mol. The molecule has 1 aliphatic rings. The Morgan fingerprint density at radius 2 is 1.53 bits per heavy atom. The molecule has 3 atom stereocenters. The number of hydrogen-bond acceptors (Lipinski definition) is 3. The number of hydrogen-bond donors (Lipinski definition) is 1. The van der Waals surface area contributed by atoms with Gasteiger partial charge in [0.05, 0.1) is 11.8 Å². The fourth-order valence-corrected chi connectivity index (χ4v) is 4.38. The van der Waals surface area contributed by atoms with Crippen LogP contribution < -0.4 is 0 Å². The van der Waals surface area contributed by atoms with E-state index in [4.69, 9.17) is 4.74 Å². The minimum atomic E-state index is -0.896. The topological polar surface area (TPSA) is 63.6 Å². The summed E-state index contributed by atoms with van der Waals surface area (Å²) in [6.45, 7) is 6.54. The van der Waals surface area contributed by atoms with Crippen molar-refractivity contribution in [2.24, 2.45) is 17.8 Å². The van der Waals surface area contributed by atoms with Crippen LogP contribution in [0.4, 0.5) is 0 Å². The minimum Gasteiger partial charge on any atom is -0.481 e. The van der Waals surface area contributed by atoms with Gasteiger partial charge in [0.15, 0.2) is 0 Å². The number of ether oxygens (including phenoxy) is 1. The molecule has 30 heavy (non-hydrogen) atoms. The Morgan fingerprint density at radius 3 is 2.07 bits per heavy atom. The minimum absolute atomic E-state index is 0.0964. The zero-order valence-corrected chi connectivity index (χ0v) is 19.7. The van der Waals surface area contributed by atoms with Crippen molar-refractivity contribution in [1.29, 1.82) is 0 Å². The number of carbonyl (C=O) groups excluding carboxylic acids is 1. The molecule has 0 aromatic carbocycles. The molecular formula is C26H46O4. The summed E-state index contributed by atoms with van der Waals surface area (Å²) in [5.74, 6) is -2.08. The van der Waals surface area contributed by atoms with Crippen molar-refractivity contribution in [3.05, 3.63) is 12.2 Å². The molecule has 0 aromatic heterocycles. The maximum Gasteiger partial charge on any atom is 0.313 e. The molecule has 3 unspecified atom stereocenters. The van der Waals surface area contributed by atoms with E-state index in [9.17, 15) is 14.7 Å². The van der Waals surface area contributed by atoms with Gasteiger partial charge < -0.3 is 9.84 Å². The number of carbonyl (C=O) groups is 2. The SMILES string of the molecule is CCCCCCCCCCCCCC(CC(C)C)OC(=O)C1C=CCCC1C(=O)O. The third-order valence-corrected chi connectivity index (χ3v) is 6.16. The summed E-state index contributed by atoms with van der Waals surface area (Å²) in [4.78, 5) is 24.1. The Morgan fingerprint density at radius 1 is 0.967 bits per heavy atom. The third-order valence-electron chi connectivity index (χ3n) is 6.16. The number of carboxylic acid groups (broad SMARTS) is 1. The molecule has 0 amide bonds. The smallest absolute Gasteiger partial charge is 0.313 e. The Kier molecular flexibility index (Phi) is 14.6. The van der Waals surface area contributed by atoms with Gasteiger partial charge >= 0.3 is 11.9 Å². The molecule has 0 saturated heterocycles. The fourth-order valence-electron chi connectivity index (χ4n) is 4.38. The average molecular weight is 423 g/mol. The highest BCUT2D eigenvalue weighted by molar-refractivity contribution is 5.83. The Labute approximate surface area is 184 Å². The van der Waals surface area contributed by atoms with Crippen LogP contribution >= 0.6 is 0 Å². The number of carboxylic acids is 1. The lowest BCUT2D eigenvalue weighted by Crippen LogP contribution is -2.34. The van der Waals surface area contributed by atoms with E-state index in [0.29, 0.717) is 12.3 Å². The van der Waals surface area contributed by atoms with Gasteiger partial charge in [-0.15, -0.1) is 0 Å². The van der Waals surface area contributed by atoms with Gasteiger partial charge in [0.25, 0.3) is 0 Å². The molecule has 1 N–H and O–H groups in total. The average Bonchev–Trinajstić information content (AvgIpc) is 2.71. The molecule has 0 heterocycles. The molecule has 0 aromatic rings. The molecule has 174 valence electrons. The van der Waals surface area contributed by atoms with Crippen LogP contribution in [0.2, 0.25) is 0 Å². The number of esters is 1. The van der Waals surface area contributed by atoms with Gasteiger partial charge in [-0.1, -0.05) is 97.1 Å². The highest BCUT2D eigenvalue weighted by Crippen LogP contribution is 2.28. The zero-order valence-electron chi connectivity index (χ0n) is 19.7. The lowest BCUT2D eigenvalue weighted by Gasteiger charge is -2.26. The first-order chi connectivity index (χ1) is 14.5. The number of rotatable bonds is 17. The van der Waals surface area contributed by atoms with Gasteiger partial charge in [0, 0.05) is 0 Å². The first kappa shape index (κ1) is 26.7. The van der Waals surface area contributed by atoms with E-state index in [1.54, 1.807) is 6.08 Å². The van der Waals surface area contributed by atoms with Gasteiger partial charge in [-0.25, -0.2) is 0 Å². The van der Waals surface area contributed by atoms with Crippen molar-refractivity contribution < 1.29 is 19.4 Å². The van der Waals surface area contributed by atoms with Crippen LogP contribution in [0.3, 0.4) is 0 Å². The van der Waals surface area contributed by atoms with E-state index in [1.165, 1.54) is 64.2 Å². The first-order valence-electron chi connectivity index (χ1n) is 12.6. The van der Waals surface area contributed by atoms with Crippen LogP contribution in [0, 0.1) is 17.8 Å². The summed E-state index contributed by atoms with van der Waals surface area (Å²) in [7, 11) is 0. The quantitative estimate of drug-likeness (QED) is 0.152. The predicted octanol–water partition coefficient (Wildman–Crippen LogP) is 7.31. The van der Waals surface area contributed by atoms with Gasteiger partial charge in [-0.05, 0) is 38.0 Å². The molecule has 4 heteroatoms. The molecule has 0 saturated carbocycles. The third kappa shape index (κ3) is 11.8. The van der Waals surface area contributed by atoms with Gasteiger partial charge in [-0.3, -0.25) is 9.59 Å². The molecule has 0 fully saturated rings. The van der Waals surface area contributed by atoms with E-state index in [1.807, 2.05) is 6.08 Å². The van der Waals surface area contributed by atoms with Crippen molar-refractivity contribution >= 4 is 11.9 Å². The summed E-state index contributed by atoms with van der Waals surface area (Å²) in [5.41, 5.74) is 0. The maximum atomic E-state index is 12.7. The zero-order chi connectivity index (χ0) is 22.2. The van der Waals surface area contributed by atoms with Crippen LogP contribution in [0.15, 0.2) is 12.2 Å². The fraction of sp³-hybridized carbons (Fsp3) is 0.846. The first-order valence-corrected chi connectivity index (χ1v) is 12.6. The van der Waals surface area contributed by atoms with Crippen LogP contribution in [0.5, 0.6) is 0 Å². The van der Waals surface area contributed by atoms with E-state index in [-0.39, 0.29) is 12.1 Å². The van der Waals surface area contributed by atoms with Crippen molar-refractivity contribution in [2.45, 2.75) is 123 Å². The van der Waals surface area contributed by atoms with E-state index >= 15 is 0 Å². The Bertz CT molecular complexity index is 497. The summed E-state index contributed by atoms with van der Waals surface area (Å²) in [5, 5.41) is 9.41. The molecule has 0 bridgehead atoms. The monoisotopic (exact) mass is 422 g/mol. The molecule has 0 radical (unpaired) electrons. The van der Waals surface area contributed by atoms with Crippen LogP contribution in [0.25, 0.3) is 0 Å². The second kappa shape index (κ2) is 16.4. The van der Waals surface area contributed by atoms with Crippen molar-refractivity contribution in [1.82, 2.24) is 0 Å². The van der Waals surface area contributed by atoms with Gasteiger partial charge in [0.1, 0.15) is 6.10 Å². The highest BCUT2D eigenvalue weighted by Gasteiger charge is 2.35. The lowest BCUT2D eigenvalue weighted by atomic mass is 9.84. The second-order valence-corrected chi connectivity index (χ2v) is 9.49. The molecule has 0 aliphatic heterocycles. The Balaban J connectivity index is 2.28. The van der Waals surface area contributed by atoms with Crippen LogP contribution in [-0.4, -0.2) is 23.1 Å². The van der Waals surface area contributed by atoms with Crippen LogP contribution in [-0.2, 0) is 14.3 Å². The molecular weight excluding hydrogens is 376 g/mol. The van der Waals surface area contributed by atoms with Crippen molar-refractivity contribution in [3.8, 4) is 0 Å². The van der Waals surface area contributed by atoms with E-state index < -0.39 is 17.8 Å². The van der Waals surface area contributed by atoms with Gasteiger partial charge in [0.2, 0.25) is 0 Å². The number of aliphatic carboxylic acids is 1. The van der Waals surface area contributed by atoms with E-state index in [0.717, 1.165) is 25.7 Å². The summed E-state index contributed by atoms with van der Waals surface area (Å²) < 4.78 is 5.82. The van der Waals surface area contributed by atoms with Crippen LogP contribution in [0.1, 0.15) is 117 Å². The summed E-state index contributed by atoms with van der Waals surface area (Å²) in [6.07, 6.45) is 20.8. The summed E-state index contributed by atoms with van der Waals surface area (Å²) >= 11 is 0. The molecule has 1 aliphatic carbocycles. The van der Waals surface area contributed by atoms with Crippen molar-refractivity contribution in [2.75, 3.05) is 0 Å². The van der Waals surface area contributed by atoms with Gasteiger partial charge in [-0.2, -0.15) is 0 Å². The molecule has 1 rings (SSSR count). The summed E-state index contributed by atoms with van der Waals surface area (Å²) in [6, 6.07) is 0. The lowest BCUT2D eigenvalue weighted by molar-refractivity contribution is -0.161. The maximum absolute atomic E-state index is 12.7. The highest BCUT2D eigenvalue weighted by atomic mass is 16.5. The number of allylic oxidation sites excluding steroid dienone is 1. The van der Waals surface area contributed by atoms with E-state index in [2.05, 4.69) is 20.8 Å². The van der Waals surface area contributed by atoms with Crippen molar-refractivity contribution in [3.63, 3.8) is 0 Å². The molecule has 0 spiro atoms.